The van der Waals surface area contributed by atoms with Crippen LogP contribution in [0.25, 0.3) is 0 Å². The van der Waals surface area contributed by atoms with Crippen molar-refractivity contribution in [3.8, 4) is 12.3 Å². The molecule has 0 unspecified atom stereocenters. The number of ether oxygens (including phenoxy) is 1. The monoisotopic (exact) mass is 179 g/mol. The van der Waals surface area contributed by atoms with E-state index >= 15 is 0 Å². The summed E-state index contributed by atoms with van der Waals surface area (Å²) in [5.74, 6) is 0.589. The maximum absolute atomic E-state index is 11.2. The van der Waals surface area contributed by atoms with Crippen molar-refractivity contribution in [2.45, 2.75) is 0 Å². The SMILES string of the molecule is C#CCOC(=O)C(=O)N1CC=CC1. The fourth-order valence-electron chi connectivity index (χ4n) is 0.942. The lowest BCUT2D eigenvalue weighted by Gasteiger charge is -2.12. The molecule has 0 saturated heterocycles. The zero-order chi connectivity index (χ0) is 9.68. The lowest BCUT2D eigenvalue weighted by atomic mass is 10.5. The topological polar surface area (TPSA) is 46.6 Å². The van der Waals surface area contributed by atoms with E-state index < -0.39 is 11.9 Å². The van der Waals surface area contributed by atoms with Crippen LogP contribution >= 0.6 is 0 Å². The van der Waals surface area contributed by atoms with Gasteiger partial charge in [-0.2, -0.15) is 0 Å². The molecule has 0 aromatic heterocycles. The molecule has 0 aromatic rings. The van der Waals surface area contributed by atoms with Gasteiger partial charge in [0.1, 0.15) is 0 Å². The number of amides is 1. The minimum absolute atomic E-state index is 0.161. The first kappa shape index (κ1) is 9.33. The minimum atomic E-state index is -0.887. The van der Waals surface area contributed by atoms with Crippen molar-refractivity contribution < 1.29 is 14.3 Å². The molecule has 4 nitrogen and oxygen atoms in total. The van der Waals surface area contributed by atoms with Gasteiger partial charge in [-0.1, -0.05) is 18.1 Å². The van der Waals surface area contributed by atoms with Crippen LogP contribution in [0.4, 0.5) is 0 Å². The second-order valence-electron chi connectivity index (χ2n) is 2.46. The fraction of sp³-hybridized carbons (Fsp3) is 0.333. The molecule has 0 spiro atoms. The summed E-state index contributed by atoms with van der Waals surface area (Å²) in [5, 5.41) is 0. The maximum atomic E-state index is 11.2. The van der Waals surface area contributed by atoms with Crippen molar-refractivity contribution in [3.05, 3.63) is 12.2 Å². The smallest absolute Gasteiger partial charge is 0.398 e. The van der Waals surface area contributed by atoms with Crippen molar-refractivity contribution in [3.63, 3.8) is 0 Å². The van der Waals surface area contributed by atoms with Gasteiger partial charge in [0, 0.05) is 13.1 Å². The molecule has 0 aromatic carbocycles. The molecule has 0 saturated carbocycles. The summed E-state index contributed by atoms with van der Waals surface area (Å²) >= 11 is 0. The Bertz CT molecular complexity index is 280. The Kier molecular flexibility index (Phi) is 3.09. The van der Waals surface area contributed by atoms with Crippen LogP contribution in [0, 0.1) is 12.3 Å². The molecule has 68 valence electrons. The van der Waals surface area contributed by atoms with Crippen LogP contribution in [0.5, 0.6) is 0 Å². The standard InChI is InChI=1S/C9H9NO3/c1-2-7-13-9(12)8(11)10-5-3-4-6-10/h1,3-4H,5-7H2. The number of nitrogens with zero attached hydrogens (tertiary/aromatic N) is 1. The predicted molar refractivity (Wildman–Crippen MR) is 45.5 cm³/mol. The van der Waals surface area contributed by atoms with E-state index in [1.165, 1.54) is 4.90 Å². The molecular weight excluding hydrogens is 170 g/mol. The van der Waals surface area contributed by atoms with E-state index in [0.717, 1.165) is 0 Å². The normalized spacial score (nSPS) is 13.9. The third-order valence-corrected chi connectivity index (χ3v) is 1.57. The largest absolute Gasteiger partial charge is 0.445 e. The Hall–Kier alpha value is -1.76. The van der Waals surface area contributed by atoms with Gasteiger partial charge in [0.25, 0.3) is 0 Å². The number of hydrogen-bond donors (Lipinski definition) is 0. The third-order valence-electron chi connectivity index (χ3n) is 1.57. The van der Waals surface area contributed by atoms with Gasteiger partial charge in [0.15, 0.2) is 6.61 Å². The zero-order valence-corrected chi connectivity index (χ0v) is 7.03. The number of carbonyl (C=O) groups excluding carboxylic acids is 2. The van der Waals surface area contributed by atoms with Crippen LogP contribution in [0.1, 0.15) is 0 Å². The Morgan fingerprint density at radius 2 is 2.08 bits per heavy atom. The molecule has 0 atom stereocenters. The van der Waals surface area contributed by atoms with E-state index in [4.69, 9.17) is 6.42 Å². The lowest BCUT2D eigenvalue weighted by Crippen LogP contribution is -2.35. The van der Waals surface area contributed by atoms with Gasteiger partial charge in [-0.3, -0.25) is 4.79 Å². The second kappa shape index (κ2) is 4.31. The quantitative estimate of drug-likeness (QED) is 0.237. The van der Waals surface area contributed by atoms with Crippen molar-refractivity contribution >= 4 is 11.9 Å². The number of rotatable bonds is 1. The van der Waals surface area contributed by atoms with Gasteiger partial charge >= 0.3 is 11.9 Å². The van der Waals surface area contributed by atoms with Crippen LogP contribution in [0.15, 0.2) is 12.2 Å². The first-order valence-corrected chi connectivity index (χ1v) is 3.80. The molecule has 1 aliphatic heterocycles. The summed E-state index contributed by atoms with van der Waals surface area (Å²) in [6, 6.07) is 0. The van der Waals surface area contributed by atoms with Crippen LogP contribution in [-0.2, 0) is 14.3 Å². The predicted octanol–water partition coefficient (Wildman–Crippen LogP) is -0.439. The van der Waals surface area contributed by atoms with Gasteiger partial charge in [0.2, 0.25) is 0 Å². The molecule has 0 aliphatic carbocycles. The highest BCUT2D eigenvalue weighted by atomic mass is 16.5. The highest BCUT2D eigenvalue weighted by Gasteiger charge is 2.23. The zero-order valence-electron chi connectivity index (χ0n) is 7.03. The highest BCUT2D eigenvalue weighted by molar-refractivity contribution is 6.32. The van der Waals surface area contributed by atoms with Crippen molar-refractivity contribution in [2.24, 2.45) is 0 Å². The molecule has 1 heterocycles. The van der Waals surface area contributed by atoms with E-state index in [1.807, 2.05) is 12.2 Å². The van der Waals surface area contributed by atoms with Gasteiger partial charge < -0.3 is 9.64 Å². The second-order valence-corrected chi connectivity index (χ2v) is 2.46. The van der Waals surface area contributed by atoms with E-state index in [0.29, 0.717) is 13.1 Å². The number of carbonyl (C=O) groups is 2. The Balaban J connectivity index is 2.39. The van der Waals surface area contributed by atoms with E-state index in [9.17, 15) is 9.59 Å². The minimum Gasteiger partial charge on any atom is -0.445 e. The number of hydrogen-bond acceptors (Lipinski definition) is 3. The van der Waals surface area contributed by atoms with Crippen LogP contribution < -0.4 is 0 Å². The average molecular weight is 179 g/mol. The maximum Gasteiger partial charge on any atom is 0.398 e. The van der Waals surface area contributed by atoms with Crippen LogP contribution in [0.2, 0.25) is 0 Å². The molecule has 0 fully saturated rings. The summed E-state index contributed by atoms with van der Waals surface area (Å²) < 4.78 is 4.47. The lowest BCUT2D eigenvalue weighted by molar-refractivity contribution is -0.158. The van der Waals surface area contributed by atoms with Gasteiger partial charge in [-0.15, -0.1) is 6.42 Å². The Labute approximate surface area is 76.2 Å². The van der Waals surface area contributed by atoms with Crippen LogP contribution in [0.3, 0.4) is 0 Å². The van der Waals surface area contributed by atoms with Crippen molar-refractivity contribution in [1.29, 1.82) is 0 Å². The molecular formula is C9H9NO3. The molecule has 4 heteroatoms. The molecule has 0 N–H and O–H groups in total. The third kappa shape index (κ3) is 2.34. The summed E-state index contributed by atoms with van der Waals surface area (Å²) in [5.41, 5.74) is 0. The van der Waals surface area contributed by atoms with Gasteiger partial charge in [0.05, 0.1) is 0 Å². The average Bonchev–Trinajstić information content (AvgIpc) is 2.65. The summed E-state index contributed by atoms with van der Waals surface area (Å²) in [6.07, 6.45) is 8.49. The molecule has 13 heavy (non-hydrogen) atoms. The Morgan fingerprint density at radius 1 is 1.46 bits per heavy atom. The number of esters is 1. The van der Waals surface area contributed by atoms with E-state index in [1.54, 1.807) is 0 Å². The van der Waals surface area contributed by atoms with E-state index in [2.05, 4.69) is 10.7 Å². The van der Waals surface area contributed by atoms with Crippen molar-refractivity contribution in [2.75, 3.05) is 19.7 Å². The molecule has 1 aliphatic rings. The van der Waals surface area contributed by atoms with Gasteiger partial charge in [-0.05, 0) is 0 Å². The first-order chi connectivity index (χ1) is 6.25. The fourth-order valence-corrected chi connectivity index (χ4v) is 0.942. The molecule has 1 rings (SSSR count). The summed E-state index contributed by atoms with van der Waals surface area (Å²) in [4.78, 5) is 23.5. The first-order valence-electron chi connectivity index (χ1n) is 3.80. The van der Waals surface area contributed by atoms with Crippen molar-refractivity contribution in [1.82, 2.24) is 4.90 Å². The summed E-state index contributed by atoms with van der Waals surface area (Å²) in [6.45, 7) is 0.764. The molecule has 0 radical (unpaired) electrons. The van der Waals surface area contributed by atoms with Crippen LogP contribution in [-0.4, -0.2) is 36.5 Å². The molecule has 1 amide bonds. The number of terminal acetylenes is 1. The Morgan fingerprint density at radius 3 is 2.62 bits per heavy atom. The summed E-state index contributed by atoms with van der Waals surface area (Å²) in [7, 11) is 0. The van der Waals surface area contributed by atoms with Gasteiger partial charge in [-0.25, -0.2) is 4.79 Å². The van der Waals surface area contributed by atoms with E-state index in [-0.39, 0.29) is 6.61 Å². The highest BCUT2D eigenvalue weighted by Crippen LogP contribution is 2.00. The molecule has 0 bridgehead atoms.